The lowest BCUT2D eigenvalue weighted by Crippen LogP contribution is -2.41. The summed E-state index contributed by atoms with van der Waals surface area (Å²) in [5, 5.41) is 2.91. The van der Waals surface area contributed by atoms with Crippen LogP contribution in [0.2, 0.25) is 0 Å². The van der Waals surface area contributed by atoms with Crippen LogP contribution in [-0.4, -0.2) is 27.1 Å². The predicted octanol–water partition coefficient (Wildman–Crippen LogP) is 4.24. The molecule has 5 nitrogen and oxygen atoms in total. The first-order valence-electron chi connectivity index (χ1n) is 9.74. The highest BCUT2D eigenvalue weighted by atomic mass is 32.2. The number of nitrogens with one attached hydrogen (secondary N) is 1. The van der Waals surface area contributed by atoms with Gasteiger partial charge in [-0.25, -0.2) is 8.42 Å². The quantitative estimate of drug-likeness (QED) is 0.766. The van der Waals surface area contributed by atoms with Gasteiger partial charge in [-0.2, -0.15) is 0 Å². The molecule has 0 fully saturated rings. The topological polar surface area (TPSA) is 66.5 Å². The lowest BCUT2D eigenvalue weighted by molar-refractivity contribution is -0.120. The molecule has 158 valence electrons. The maximum Gasteiger partial charge on any atom is 0.241 e. The van der Waals surface area contributed by atoms with Crippen LogP contribution in [0.5, 0.6) is 0 Å². The van der Waals surface area contributed by atoms with Crippen LogP contribution in [0.25, 0.3) is 0 Å². The molecule has 0 heterocycles. The molecule has 0 aromatic heterocycles. The van der Waals surface area contributed by atoms with Crippen molar-refractivity contribution in [2.24, 2.45) is 0 Å². The van der Waals surface area contributed by atoms with Gasteiger partial charge < -0.3 is 5.32 Å². The van der Waals surface area contributed by atoms with E-state index >= 15 is 0 Å². The van der Waals surface area contributed by atoms with Gasteiger partial charge in [0.1, 0.15) is 6.54 Å². The van der Waals surface area contributed by atoms with E-state index in [9.17, 15) is 13.2 Å². The zero-order valence-electron chi connectivity index (χ0n) is 18.4. The molecule has 1 N–H and O–H groups in total. The summed E-state index contributed by atoms with van der Waals surface area (Å²) in [6.45, 7) is 12.0. The number of aryl methyl sites for hydroxylation is 2. The number of rotatable bonds is 6. The molecular weight excluding hydrogens is 384 g/mol. The Balaban J connectivity index is 2.18. The molecule has 1 atom stereocenters. The number of hydrogen-bond acceptors (Lipinski definition) is 3. The first-order valence-corrected chi connectivity index (χ1v) is 11.6. The van der Waals surface area contributed by atoms with Crippen LogP contribution in [0.3, 0.4) is 0 Å². The Labute approximate surface area is 175 Å². The van der Waals surface area contributed by atoms with Gasteiger partial charge in [-0.05, 0) is 60.6 Å². The second-order valence-electron chi connectivity index (χ2n) is 8.70. The Hall–Kier alpha value is -2.34. The van der Waals surface area contributed by atoms with E-state index in [0.717, 1.165) is 27.3 Å². The maximum atomic E-state index is 12.6. The molecule has 0 spiro atoms. The van der Waals surface area contributed by atoms with Crippen LogP contribution < -0.4 is 9.62 Å². The number of amides is 1. The standard InChI is InChI=1S/C23H32N2O3S/c1-16-8-9-19(14-17(16)2)18(3)24-22(26)15-25(29(7,27)28)21-12-10-20(11-13-21)23(4,5)6/h8-14,18H,15H2,1-7H3,(H,24,26)/t18-/m0/s1. The molecule has 1 amide bonds. The molecular formula is C23H32N2O3S. The van der Waals surface area contributed by atoms with Crippen molar-refractivity contribution in [3.05, 3.63) is 64.7 Å². The summed E-state index contributed by atoms with van der Waals surface area (Å²) in [4.78, 5) is 12.6. The third kappa shape index (κ3) is 6.07. The maximum absolute atomic E-state index is 12.6. The molecule has 0 saturated heterocycles. The predicted molar refractivity (Wildman–Crippen MR) is 120 cm³/mol. The number of carbonyl (C=O) groups excluding carboxylic acids is 1. The van der Waals surface area contributed by atoms with Crippen molar-refractivity contribution in [1.82, 2.24) is 5.32 Å². The number of hydrogen-bond donors (Lipinski definition) is 1. The second-order valence-corrected chi connectivity index (χ2v) is 10.6. The molecule has 0 aliphatic carbocycles. The Morgan fingerprint density at radius 3 is 2.10 bits per heavy atom. The smallest absolute Gasteiger partial charge is 0.241 e. The summed E-state index contributed by atoms with van der Waals surface area (Å²) in [5.41, 5.74) is 4.88. The van der Waals surface area contributed by atoms with Gasteiger partial charge in [0.25, 0.3) is 0 Å². The highest BCUT2D eigenvalue weighted by Gasteiger charge is 2.23. The molecule has 2 aromatic rings. The van der Waals surface area contributed by atoms with Crippen molar-refractivity contribution >= 4 is 21.6 Å². The molecule has 2 rings (SSSR count). The van der Waals surface area contributed by atoms with Crippen LogP contribution >= 0.6 is 0 Å². The number of benzene rings is 2. The summed E-state index contributed by atoms with van der Waals surface area (Å²) < 4.78 is 25.8. The average molecular weight is 417 g/mol. The van der Waals surface area contributed by atoms with Gasteiger partial charge in [-0.15, -0.1) is 0 Å². The minimum absolute atomic E-state index is 0.0343. The molecule has 6 heteroatoms. The molecule has 29 heavy (non-hydrogen) atoms. The monoisotopic (exact) mass is 416 g/mol. The third-order valence-electron chi connectivity index (χ3n) is 5.12. The molecule has 0 unspecified atom stereocenters. The summed E-state index contributed by atoms with van der Waals surface area (Å²) in [5.74, 6) is -0.346. The molecule has 0 radical (unpaired) electrons. The largest absolute Gasteiger partial charge is 0.348 e. The fourth-order valence-electron chi connectivity index (χ4n) is 3.06. The molecule has 0 aliphatic rings. The molecule has 0 aliphatic heterocycles. The summed E-state index contributed by atoms with van der Waals surface area (Å²) >= 11 is 0. The lowest BCUT2D eigenvalue weighted by atomic mass is 9.87. The zero-order valence-corrected chi connectivity index (χ0v) is 19.2. The minimum Gasteiger partial charge on any atom is -0.348 e. The van der Waals surface area contributed by atoms with Gasteiger partial charge in [-0.1, -0.05) is 51.1 Å². The highest BCUT2D eigenvalue weighted by Crippen LogP contribution is 2.26. The van der Waals surface area contributed by atoms with Gasteiger partial charge in [0, 0.05) is 0 Å². The van der Waals surface area contributed by atoms with Crippen LogP contribution in [0, 0.1) is 13.8 Å². The van der Waals surface area contributed by atoms with E-state index in [1.54, 1.807) is 12.1 Å². The van der Waals surface area contributed by atoms with Crippen molar-refractivity contribution in [2.75, 3.05) is 17.1 Å². The van der Waals surface area contributed by atoms with E-state index in [4.69, 9.17) is 0 Å². The van der Waals surface area contributed by atoms with Gasteiger partial charge in [0.15, 0.2) is 0 Å². The first-order chi connectivity index (χ1) is 13.3. The zero-order chi connectivity index (χ0) is 22.0. The molecule has 0 saturated carbocycles. The number of sulfonamides is 1. The Morgan fingerprint density at radius 1 is 1.03 bits per heavy atom. The Morgan fingerprint density at radius 2 is 1.62 bits per heavy atom. The van der Waals surface area contributed by atoms with Gasteiger partial charge in [0.05, 0.1) is 18.0 Å². The fourth-order valence-corrected chi connectivity index (χ4v) is 3.92. The Bertz CT molecular complexity index is 974. The van der Waals surface area contributed by atoms with Crippen LogP contribution in [0.4, 0.5) is 5.69 Å². The van der Waals surface area contributed by atoms with Crippen molar-refractivity contribution < 1.29 is 13.2 Å². The van der Waals surface area contributed by atoms with E-state index in [0.29, 0.717) is 5.69 Å². The van der Waals surface area contributed by atoms with Crippen molar-refractivity contribution in [1.29, 1.82) is 0 Å². The first kappa shape index (κ1) is 22.9. The van der Waals surface area contributed by atoms with Crippen LogP contribution in [-0.2, 0) is 20.2 Å². The van der Waals surface area contributed by atoms with Crippen molar-refractivity contribution in [3.63, 3.8) is 0 Å². The third-order valence-corrected chi connectivity index (χ3v) is 6.26. The second kappa shape index (κ2) is 8.57. The van der Waals surface area contributed by atoms with Gasteiger partial charge >= 0.3 is 0 Å². The number of nitrogens with zero attached hydrogens (tertiary/aromatic N) is 1. The van der Waals surface area contributed by atoms with Crippen LogP contribution in [0.1, 0.15) is 56.0 Å². The number of carbonyl (C=O) groups is 1. The average Bonchev–Trinajstić information content (AvgIpc) is 2.60. The molecule has 0 bridgehead atoms. The van der Waals surface area contributed by atoms with E-state index in [1.807, 2.05) is 51.1 Å². The summed E-state index contributed by atoms with van der Waals surface area (Å²) in [6, 6.07) is 13.1. The lowest BCUT2D eigenvalue weighted by Gasteiger charge is -2.25. The normalized spacial score (nSPS) is 13.1. The van der Waals surface area contributed by atoms with Crippen LogP contribution in [0.15, 0.2) is 42.5 Å². The Kier molecular flexibility index (Phi) is 6.78. The van der Waals surface area contributed by atoms with E-state index in [-0.39, 0.29) is 23.9 Å². The van der Waals surface area contributed by atoms with E-state index in [1.165, 1.54) is 5.56 Å². The summed E-state index contributed by atoms with van der Waals surface area (Å²) in [6.07, 6.45) is 1.12. The highest BCUT2D eigenvalue weighted by molar-refractivity contribution is 7.92. The van der Waals surface area contributed by atoms with Gasteiger partial charge in [0.2, 0.25) is 15.9 Å². The SMILES string of the molecule is Cc1ccc([C@H](C)NC(=O)CN(c2ccc(C(C)(C)C)cc2)S(C)(=O)=O)cc1C. The van der Waals surface area contributed by atoms with Crippen molar-refractivity contribution in [3.8, 4) is 0 Å². The molecule has 2 aromatic carbocycles. The number of anilines is 1. The van der Waals surface area contributed by atoms with Crippen molar-refractivity contribution in [2.45, 2.75) is 53.0 Å². The van der Waals surface area contributed by atoms with E-state index < -0.39 is 10.0 Å². The van der Waals surface area contributed by atoms with E-state index in [2.05, 4.69) is 26.1 Å². The van der Waals surface area contributed by atoms with Gasteiger partial charge in [-0.3, -0.25) is 9.10 Å². The minimum atomic E-state index is -3.60. The fraction of sp³-hybridized carbons (Fsp3) is 0.435. The summed E-state index contributed by atoms with van der Waals surface area (Å²) in [7, 11) is -3.60.